The van der Waals surface area contributed by atoms with Crippen molar-refractivity contribution in [3.8, 4) is 11.4 Å². The average molecular weight is 516 g/mol. The van der Waals surface area contributed by atoms with Crippen molar-refractivity contribution in [2.45, 2.75) is 13.0 Å². The van der Waals surface area contributed by atoms with Gasteiger partial charge in [-0.3, -0.25) is 0 Å². The van der Waals surface area contributed by atoms with Crippen LogP contribution in [0.1, 0.15) is 27.2 Å². The van der Waals surface area contributed by atoms with Gasteiger partial charge >= 0.3 is 5.97 Å². The van der Waals surface area contributed by atoms with Gasteiger partial charge in [-0.1, -0.05) is 28.1 Å². The van der Waals surface area contributed by atoms with Gasteiger partial charge in [0.25, 0.3) is 0 Å². The second kappa shape index (κ2) is 9.54. The van der Waals surface area contributed by atoms with Crippen molar-refractivity contribution in [2.24, 2.45) is 0 Å². The highest BCUT2D eigenvalue weighted by Crippen LogP contribution is 2.31. The Kier molecular flexibility index (Phi) is 6.55. The molecule has 1 heterocycles. The first-order valence-electron chi connectivity index (χ1n) is 9.87. The van der Waals surface area contributed by atoms with Crippen LogP contribution in [0.3, 0.4) is 0 Å². The zero-order valence-electron chi connectivity index (χ0n) is 17.1. The molecule has 0 aliphatic carbocycles. The molecule has 0 amide bonds. The first-order valence-corrected chi connectivity index (χ1v) is 10.7. The maximum Gasteiger partial charge on any atom is 0.335 e. The predicted octanol–water partition coefficient (Wildman–Crippen LogP) is 6.53. The Bertz CT molecular complexity index is 1310. The lowest BCUT2D eigenvalue weighted by Gasteiger charge is -2.16. The number of halogens is 4. The van der Waals surface area contributed by atoms with Gasteiger partial charge in [-0.2, -0.15) is 0 Å². The monoisotopic (exact) mass is 515 g/mol. The third kappa shape index (κ3) is 4.96. The van der Waals surface area contributed by atoms with Crippen LogP contribution < -0.4 is 4.74 Å². The van der Waals surface area contributed by atoms with Gasteiger partial charge in [0.1, 0.15) is 29.8 Å². The molecule has 4 nitrogen and oxygen atoms in total. The van der Waals surface area contributed by atoms with Gasteiger partial charge in [-0.15, -0.1) is 0 Å². The summed E-state index contributed by atoms with van der Waals surface area (Å²) in [6.07, 6.45) is 2.20. The van der Waals surface area contributed by atoms with Crippen LogP contribution in [0.25, 0.3) is 5.69 Å². The summed E-state index contributed by atoms with van der Waals surface area (Å²) in [5.41, 5.74) is 2.06. The molecule has 4 aromatic rings. The van der Waals surface area contributed by atoms with Crippen LogP contribution in [-0.4, -0.2) is 15.6 Å². The molecule has 4 rings (SSSR count). The van der Waals surface area contributed by atoms with E-state index in [1.165, 1.54) is 6.07 Å². The summed E-state index contributed by atoms with van der Waals surface area (Å²) in [4.78, 5) is 11.3. The van der Waals surface area contributed by atoms with Crippen molar-refractivity contribution in [1.82, 2.24) is 4.57 Å². The van der Waals surface area contributed by atoms with Crippen LogP contribution in [-0.2, 0) is 13.0 Å². The van der Waals surface area contributed by atoms with Crippen LogP contribution >= 0.6 is 15.9 Å². The number of nitrogens with zero attached hydrogens (tertiary/aromatic N) is 1. The number of carbonyl (C=O) groups is 1. The van der Waals surface area contributed by atoms with Crippen molar-refractivity contribution in [2.75, 3.05) is 0 Å². The van der Waals surface area contributed by atoms with E-state index in [0.717, 1.165) is 15.7 Å². The van der Waals surface area contributed by atoms with Crippen LogP contribution in [0.2, 0.25) is 0 Å². The molecule has 0 atom stereocenters. The van der Waals surface area contributed by atoms with E-state index >= 15 is 0 Å². The minimum Gasteiger partial charge on any atom is -0.488 e. The van der Waals surface area contributed by atoms with Gasteiger partial charge < -0.3 is 14.4 Å². The Labute approximate surface area is 196 Å². The second-order valence-corrected chi connectivity index (χ2v) is 8.11. The van der Waals surface area contributed by atoms with E-state index in [4.69, 9.17) is 4.74 Å². The largest absolute Gasteiger partial charge is 0.488 e. The third-order valence-corrected chi connectivity index (χ3v) is 5.86. The normalized spacial score (nSPS) is 10.9. The highest BCUT2D eigenvalue weighted by Gasteiger charge is 2.16. The number of hydrogen-bond acceptors (Lipinski definition) is 2. The zero-order chi connectivity index (χ0) is 23.5. The summed E-state index contributed by atoms with van der Waals surface area (Å²) < 4.78 is 49.5. The molecule has 1 aromatic heterocycles. The molecule has 0 fully saturated rings. The first-order chi connectivity index (χ1) is 15.8. The predicted molar refractivity (Wildman–Crippen MR) is 120 cm³/mol. The maximum atomic E-state index is 14.0. The van der Waals surface area contributed by atoms with Gasteiger partial charge in [-0.25, -0.2) is 18.0 Å². The van der Waals surface area contributed by atoms with E-state index < -0.39 is 30.0 Å². The molecular weight excluding hydrogens is 499 g/mol. The SMILES string of the molecule is O=C(O)c1cccc(-n2cccc2Cc2c(Br)cccc2OCc2c(F)cc(F)cc2F)c1. The summed E-state index contributed by atoms with van der Waals surface area (Å²) in [5, 5.41) is 9.29. The van der Waals surface area contributed by atoms with E-state index in [1.807, 2.05) is 29.0 Å². The van der Waals surface area contributed by atoms with Crippen LogP contribution in [0.5, 0.6) is 5.75 Å². The Morgan fingerprint density at radius 3 is 2.39 bits per heavy atom. The second-order valence-electron chi connectivity index (χ2n) is 7.25. The molecule has 1 N–H and O–H groups in total. The van der Waals surface area contributed by atoms with Crippen LogP contribution in [0.4, 0.5) is 13.2 Å². The molecule has 0 saturated heterocycles. The number of carboxylic acid groups (broad SMARTS) is 1. The molecule has 0 bridgehead atoms. The average Bonchev–Trinajstić information content (AvgIpc) is 3.23. The van der Waals surface area contributed by atoms with Crippen LogP contribution in [0.15, 0.2) is 77.4 Å². The Balaban J connectivity index is 1.63. The lowest BCUT2D eigenvalue weighted by atomic mass is 10.1. The highest BCUT2D eigenvalue weighted by atomic mass is 79.9. The summed E-state index contributed by atoms with van der Waals surface area (Å²) >= 11 is 3.50. The number of ether oxygens (including phenoxy) is 1. The van der Waals surface area contributed by atoms with Gasteiger partial charge in [0, 0.05) is 46.2 Å². The van der Waals surface area contributed by atoms with Crippen molar-refractivity contribution in [3.63, 3.8) is 0 Å². The summed E-state index contributed by atoms with van der Waals surface area (Å²) in [7, 11) is 0. The molecule has 8 heteroatoms. The fourth-order valence-electron chi connectivity index (χ4n) is 3.49. The molecule has 0 aliphatic heterocycles. The topological polar surface area (TPSA) is 51.5 Å². The smallest absolute Gasteiger partial charge is 0.335 e. The molecule has 168 valence electrons. The molecule has 0 saturated carbocycles. The van der Waals surface area contributed by atoms with Gasteiger partial charge in [0.2, 0.25) is 0 Å². The molecule has 0 aliphatic rings. The highest BCUT2D eigenvalue weighted by molar-refractivity contribution is 9.10. The van der Waals surface area contributed by atoms with Crippen molar-refractivity contribution in [3.05, 3.63) is 117 Å². The Morgan fingerprint density at radius 2 is 1.67 bits per heavy atom. The number of carboxylic acids is 1. The quantitative estimate of drug-likeness (QED) is 0.304. The minimum absolute atomic E-state index is 0.167. The minimum atomic E-state index is -1.02. The van der Waals surface area contributed by atoms with E-state index in [2.05, 4.69) is 15.9 Å². The van der Waals surface area contributed by atoms with Gasteiger partial charge in [0.05, 0.1) is 11.1 Å². The van der Waals surface area contributed by atoms with Crippen molar-refractivity contribution in [1.29, 1.82) is 0 Å². The van der Waals surface area contributed by atoms with E-state index in [-0.39, 0.29) is 11.1 Å². The number of benzene rings is 3. The van der Waals surface area contributed by atoms with Gasteiger partial charge in [-0.05, 0) is 42.5 Å². The van der Waals surface area contributed by atoms with E-state index in [0.29, 0.717) is 30.0 Å². The molecule has 33 heavy (non-hydrogen) atoms. The van der Waals surface area contributed by atoms with Gasteiger partial charge in [0.15, 0.2) is 0 Å². The van der Waals surface area contributed by atoms with Crippen molar-refractivity contribution >= 4 is 21.9 Å². The fraction of sp³-hybridized carbons (Fsp3) is 0.0800. The molecular formula is C25H17BrF3NO3. The molecule has 0 radical (unpaired) electrons. The van der Waals surface area contributed by atoms with Crippen LogP contribution in [0, 0.1) is 17.5 Å². The van der Waals surface area contributed by atoms with E-state index in [1.54, 1.807) is 30.3 Å². The summed E-state index contributed by atoms with van der Waals surface area (Å²) in [6.45, 7) is -0.414. The lowest BCUT2D eigenvalue weighted by Crippen LogP contribution is -2.06. The number of aromatic nitrogens is 1. The fourth-order valence-corrected chi connectivity index (χ4v) is 3.98. The first kappa shape index (κ1) is 22.7. The Morgan fingerprint density at radius 1 is 0.939 bits per heavy atom. The number of rotatable bonds is 7. The lowest BCUT2D eigenvalue weighted by molar-refractivity contribution is 0.0697. The molecule has 0 spiro atoms. The number of hydrogen-bond donors (Lipinski definition) is 1. The zero-order valence-corrected chi connectivity index (χ0v) is 18.7. The molecule has 3 aromatic carbocycles. The summed E-state index contributed by atoms with van der Waals surface area (Å²) in [5.74, 6) is -3.65. The van der Waals surface area contributed by atoms with E-state index in [9.17, 15) is 23.1 Å². The standard InChI is InChI=1S/C25H17BrF3NO3/c26-21-7-2-8-24(33-14-20-22(28)11-16(27)12-23(20)29)19(21)13-18-6-3-9-30(18)17-5-1-4-15(10-17)25(31)32/h1-12H,13-14H2,(H,31,32). The molecule has 0 unspecified atom stereocenters. The number of aromatic carboxylic acids is 1. The summed E-state index contributed by atoms with van der Waals surface area (Å²) in [6, 6.07) is 16.7. The maximum absolute atomic E-state index is 14.0. The Hall–Kier alpha value is -3.52. The van der Waals surface area contributed by atoms with Crippen molar-refractivity contribution < 1.29 is 27.8 Å². The third-order valence-electron chi connectivity index (χ3n) is 5.12.